The van der Waals surface area contributed by atoms with Gasteiger partial charge in [0.05, 0.1) is 0 Å². The van der Waals surface area contributed by atoms with Crippen LogP contribution in [0.25, 0.3) is 10.8 Å². The van der Waals surface area contributed by atoms with Crippen LogP contribution in [-0.2, 0) is 6.54 Å². The second kappa shape index (κ2) is 6.75. The van der Waals surface area contributed by atoms with Crippen LogP contribution in [0, 0.1) is 0 Å². The predicted molar refractivity (Wildman–Crippen MR) is 99.4 cm³/mol. The highest BCUT2D eigenvalue weighted by Crippen LogP contribution is 2.18. The maximum atomic E-state index is 12.8. The smallest absolute Gasteiger partial charge is 0.253 e. The summed E-state index contributed by atoms with van der Waals surface area (Å²) in [5, 5.41) is 6.62. The van der Waals surface area contributed by atoms with Crippen molar-refractivity contribution in [2.24, 2.45) is 0 Å². The molecule has 3 nitrogen and oxygen atoms in total. The highest BCUT2D eigenvalue weighted by atomic mass is 32.1. The Morgan fingerprint density at radius 2 is 1.75 bits per heavy atom. The van der Waals surface area contributed by atoms with Crippen LogP contribution in [0.1, 0.15) is 15.9 Å². The van der Waals surface area contributed by atoms with Crippen molar-refractivity contribution in [2.45, 2.75) is 6.54 Å². The summed E-state index contributed by atoms with van der Waals surface area (Å²) < 4.78 is 0. The number of hydrogen-bond acceptors (Lipinski definition) is 3. The maximum Gasteiger partial charge on any atom is 0.253 e. The van der Waals surface area contributed by atoms with Crippen molar-refractivity contribution < 1.29 is 4.79 Å². The molecule has 1 aliphatic heterocycles. The number of fused-ring (bicyclic) bond motifs is 1. The Bertz CT molecular complexity index is 836. The molecule has 0 atom stereocenters. The maximum absolute atomic E-state index is 12.8. The molecule has 0 N–H and O–H groups in total. The number of rotatable bonds is 3. The summed E-state index contributed by atoms with van der Waals surface area (Å²) in [4.78, 5) is 17.2. The first-order valence-electron chi connectivity index (χ1n) is 8.31. The van der Waals surface area contributed by atoms with Gasteiger partial charge >= 0.3 is 0 Å². The zero-order chi connectivity index (χ0) is 16.4. The number of nitrogens with zero attached hydrogens (tertiary/aromatic N) is 2. The first-order valence-corrected chi connectivity index (χ1v) is 9.25. The van der Waals surface area contributed by atoms with E-state index >= 15 is 0 Å². The fourth-order valence-corrected chi connectivity index (χ4v) is 3.91. The predicted octanol–water partition coefficient (Wildman–Crippen LogP) is 3.86. The van der Waals surface area contributed by atoms with E-state index in [2.05, 4.69) is 33.9 Å². The molecule has 4 rings (SSSR count). The quantitative estimate of drug-likeness (QED) is 0.725. The average molecular weight is 336 g/mol. The lowest BCUT2D eigenvalue weighted by atomic mass is 10.1. The van der Waals surface area contributed by atoms with Crippen molar-refractivity contribution in [2.75, 3.05) is 26.2 Å². The average Bonchev–Trinajstić information content (AvgIpc) is 3.14. The first-order chi connectivity index (χ1) is 11.8. The molecule has 1 fully saturated rings. The molecule has 0 aliphatic carbocycles. The van der Waals surface area contributed by atoms with Gasteiger partial charge in [0.15, 0.2) is 0 Å². The van der Waals surface area contributed by atoms with Crippen molar-refractivity contribution >= 4 is 28.0 Å². The zero-order valence-corrected chi connectivity index (χ0v) is 14.3. The van der Waals surface area contributed by atoms with E-state index in [0.717, 1.165) is 43.7 Å². The standard InChI is InChI=1S/C20H20N2OS/c23-20(19-6-5-17-3-1-2-4-18(17)13-19)22-10-8-21(9-11-22)14-16-7-12-24-15-16/h1-7,12-13,15H,8-11,14H2. The highest BCUT2D eigenvalue weighted by molar-refractivity contribution is 7.07. The van der Waals surface area contributed by atoms with Crippen LogP contribution in [0.4, 0.5) is 0 Å². The van der Waals surface area contributed by atoms with Crippen LogP contribution in [0.2, 0.25) is 0 Å². The number of piperazine rings is 1. The van der Waals surface area contributed by atoms with Gasteiger partial charge in [-0.1, -0.05) is 30.3 Å². The summed E-state index contributed by atoms with van der Waals surface area (Å²) in [5.41, 5.74) is 2.16. The third kappa shape index (κ3) is 3.21. The second-order valence-corrected chi connectivity index (χ2v) is 7.04. The molecule has 0 unspecified atom stereocenters. The lowest BCUT2D eigenvalue weighted by Crippen LogP contribution is -2.48. The molecule has 1 aliphatic rings. The number of benzene rings is 2. The van der Waals surface area contributed by atoms with E-state index in [1.54, 1.807) is 11.3 Å². The van der Waals surface area contributed by atoms with Gasteiger partial charge < -0.3 is 4.90 Å². The molecule has 2 aromatic carbocycles. The minimum atomic E-state index is 0.149. The normalized spacial score (nSPS) is 15.8. The van der Waals surface area contributed by atoms with Gasteiger partial charge in [0, 0.05) is 38.3 Å². The Labute approximate surface area is 146 Å². The van der Waals surface area contributed by atoms with Crippen molar-refractivity contribution in [1.29, 1.82) is 0 Å². The molecule has 3 aromatic rings. The summed E-state index contributed by atoms with van der Waals surface area (Å²) in [7, 11) is 0. The van der Waals surface area contributed by atoms with Gasteiger partial charge in [-0.05, 0) is 45.3 Å². The van der Waals surface area contributed by atoms with Gasteiger partial charge in [-0.25, -0.2) is 0 Å². The molecule has 0 radical (unpaired) electrons. The summed E-state index contributed by atoms with van der Waals surface area (Å²) in [5.74, 6) is 0.149. The van der Waals surface area contributed by atoms with Crippen LogP contribution in [0.15, 0.2) is 59.3 Å². The van der Waals surface area contributed by atoms with E-state index in [0.29, 0.717) is 0 Å². The number of hydrogen-bond donors (Lipinski definition) is 0. The summed E-state index contributed by atoms with van der Waals surface area (Å²) in [6, 6.07) is 16.3. The minimum absolute atomic E-state index is 0.149. The van der Waals surface area contributed by atoms with Gasteiger partial charge in [0.2, 0.25) is 0 Å². The Morgan fingerprint density at radius 3 is 2.50 bits per heavy atom. The molecule has 4 heteroatoms. The molecule has 1 aromatic heterocycles. The largest absolute Gasteiger partial charge is 0.336 e. The monoisotopic (exact) mass is 336 g/mol. The summed E-state index contributed by atoms with van der Waals surface area (Å²) >= 11 is 1.74. The lowest BCUT2D eigenvalue weighted by molar-refractivity contribution is 0.0629. The van der Waals surface area contributed by atoms with Crippen LogP contribution < -0.4 is 0 Å². The van der Waals surface area contributed by atoms with Crippen molar-refractivity contribution in [3.8, 4) is 0 Å². The SMILES string of the molecule is O=C(c1ccc2ccccc2c1)N1CCN(Cc2ccsc2)CC1. The topological polar surface area (TPSA) is 23.6 Å². The van der Waals surface area contributed by atoms with Crippen molar-refractivity contribution in [3.63, 3.8) is 0 Å². The molecule has 24 heavy (non-hydrogen) atoms. The Hall–Kier alpha value is -2.17. The Morgan fingerprint density at radius 1 is 0.958 bits per heavy atom. The zero-order valence-electron chi connectivity index (χ0n) is 13.5. The van der Waals surface area contributed by atoms with Crippen LogP contribution in [0.5, 0.6) is 0 Å². The molecule has 0 bridgehead atoms. The fraction of sp³-hybridized carbons (Fsp3) is 0.250. The van der Waals surface area contributed by atoms with E-state index in [-0.39, 0.29) is 5.91 Å². The van der Waals surface area contributed by atoms with Crippen molar-refractivity contribution in [3.05, 3.63) is 70.4 Å². The first kappa shape index (κ1) is 15.4. The van der Waals surface area contributed by atoms with Crippen LogP contribution in [0.3, 0.4) is 0 Å². The molecule has 0 spiro atoms. The number of carbonyl (C=O) groups is 1. The fourth-order valence-electron chi connectivity index (χ4n) is 3.25. The molecule has 2 heterocycles. The van der Waals surface area contributed by atoms with Crippen LogP contribution >= 0.6 is 11.3 Å². The third-order valence-electron chi connectivity index (χ3n) is 4.64. The summed E-state index contributed by atoms with van der Waals surface area (Å²) in [6.45, 7) is 4.47. The molecule has 1 saturated heterocycles. The van der Waals surface area contributed by atoms with E-state index in [1.807, 2.05) is 35.2 Å². The number of amides is 1. The minimum Gasteiger partial charge on any atom is -0.336 e. The Kier molecular flexibility index (Phi) is 4.32. The molecule has 1 amide bonds. The number of thiophene rings is 1. The molecule has 0 saturated carbocycles. The molecular weight excluding hydrogens is 316 g/mol. The van der Waals surface area contributed by atoms with Gasteiger partial charge in [-0.3, -0.25) is 9.69 Å². The molecule has 122 valence electrons. The lowest BCUT2D eigenvalue weighted by Gasteiger charge is -2.34. The van der Waals surface area contributed by atoms with E-state index in [9.17, 15) is 4.79 Å². The van der Waals surface area contributed by atoms with E-state index < -0.39 is 0 Å². The van der Waals surface area contributed by atoms with E-state index in [4.69, 9.17) is 0 Å². The van der Waals surface area contributed by atoms with Gasteiger partial charge in [-0.15, -0.1) is 0 Å². The number of carbonyl (C=O) groups excluding carboxylic acids is 1. The van der Waals surface area contributed by atoms with Crippen molar-refractivity contribution in [1.82, 2.24) is 9.80 Å². The second-order valence-electron chi connectivity index (χ2n) is 6.26. The summed E-state index contributed by atoms with van der Waals surface area (Å²) in [6.07, 6.45) is 0. The van der Waals surface area contributed by atoms with Gasteiger partial charge in [0.1, 0.15) is 0 Å². The third-order valence-corrected chi connectivity index (χ3v) is 5.37. The highest BCUT2D eigenvalue weighted by Gasteiger charge is 2.22. The van der Waals surface area contributed by atoms with Gasteiger partial charge in [-0.2, -0.15) is 11.3 Å². The van der Waals surface area contributed by atoms with Crippen LogP contribution in [-0.4, -0.2) is 41.9 Å². The van der Waals surface area contributed by atoms with E-state index in [1.165, 1.54) is 10.9 Å². The molecular formula is C20H20N2OS. The van der Waals surface area contributed by atoms with Gasteiger partial charge in [0.25, 0.3) is 5.91 Å². The Balaban J connectivity index is 1.41.